The fourth-order valence-corrected chi connectivity index (χ4v) is 3.68. The normalized spacial score (nSPS) is 29.4. The lowest BCUT2D eigenvalue weighted by Gasteiger charge is -2.27. The Kier molecular flexibility index (Phi) is 6.19. The van der Waals surface area contributed by atoms with Crippen molar-refractivity contribution in [3.8, 4) is 0 Å². The minimum absolute atomic E-state index is 0.225. The molecule has 3 N–H and O–H groups in total. The van der Waals surface area contributed by atoms with Gasteiger partial charge in [0, 0.05) is 25.7 Å². The first-order chi connectivity index (χ1) is 9.58. The largest absolute Gasteiger partial charge is 0.379 e. The topological polar surface area (TPSA) is 93.9 Å². The quantitative estimate of drug-likeness (QED) is 0.642. The Morgan fingerprint density at radius 3 is 2.50 bits per heavy atom. The van der Waals surface area contributed by atoms with Crippen LogP contribution >= 0.6 is 0 Å². The molecule has 0 atom stereocenters. The Bertz CT molecular complexity index is 376. The van der Waals surface area contributed by atoms with E-state index in [1.165, 1.54) is 4.31 Å². The van der Waals surface area contributed by atoms with Gasteiger partial charge < -0.3 is 15.2 Å². The van der Waals surface area contributed by atoms with Gasteiger partial charge in [-0.15, -0.1) is 0 Å². The van der Waals surface area contributed by atoms with E-state index in [4.69, 9.17) is 15.2 Å². The highest BCUT2D eigenvalue weighted by Crippen LogP contribution is 2.19. The average Bonchev–Trinajstić information content (AvgIpc) is 2.46. The molecule has 0 amide bonds. The molecule has 0 unspecified atom stereocenters. The molecule has 1 saturated carbocycles. The van der Waals surface area contributed by atoms with Gasteiger partial charge in [-0.1, -0.05) is 0 Å². The highest BCUT2D eigenvalue weighted by molar-refractivity contribution is 7.87. The predicted octanol–water partition coefficient (Wildman–Crippen LogP) is -0.560. The summed E-state index contributed by atoms with van der Waals surface area (Å²) < 4.78 is 38.7. The number of nitrogens with two attached hydrogens (primary N) is 1. The van der Waals surface area contributed by atoms with Crippen LogP contribution in [0.5, 0.6) is 0 Å². The van der Waals surface area contributed by atoms with Gasteiger partial charge in [0.05, 0.1) is 25.9 Å². The molecule has 0 spiro atoms. The maximum atomic E-state index is 12.0. The molecule has 1 heterocycles. The Labute approximate surface area is 121 Å². The van der Waals surface area contributed by atoms with Crippen LogP contribution in [0.4, 0.5) is 0 Å². The first-order valence-corrected chi connectivity index (χ1v) is 8.71. The summed E-state index contributed by atoms with van der Waals surface area (Å²) >= 11 is 0. The van der Waals surface area contributed by atoms with Gasteiger partial charge in [-0.05, 0) is 25.7 Å². The van der Waals surface area contributed by atoms with E-state index in [-0.39, 0.29) is 6.10 Å². The molecule has 0 aromatic rings. The van der Waals surface area contributed by atoms with Crippen LogP contribution in [0.2, 0.25) is 0 Å². The lowest BCUT2D eigenvalue weighted by Crippen LogP contribution is -2.47. The van der Waals surface area contributed by atoms with E-state index in [1.54, 1.807) is 0 Å². The van der Waals surface area contributed by atoms with Gasteiger partial charge >= 0.3 is 0 Å². The second kappa shape index (κ2) is 7.67. The molecule has 0 aromatic heterocycles. The maximum absolute atomic E-state index is 12.0. The molecule has 2 rings (SSSR count). The number of hydrogen-bond acceptors (Lipinski definition) is 5. The van der Waals surface area contributed by atoms with Gasteiger partial charge in [0.1, 0.15) is 0 Å². The third kappa shape index (κ3) is 4.94. The summed E-state index contributed by atoms with van der Waals surface area (Å²) in [6, 6.07) is 0.301. The molecule has 0 bridgehead atoms. The third-order valence-corrected chi connectivity index (χ3v) is 5.38. The van der Waals surface area contributed by atoms with E-state index in [0.29, 0.717) is 45.5 Å². The molecule has 7 nitrogen and oxygen atoms in total. The van der Waals surface area contributed by atoms with Crippen molar-refractivity contribution in [2.45, 2.75) is 37.8 Å². The lowest BCUT2D eigenvalue weighted by atomic mass is 9.94. The first-order valence-electron chi connectivity index (χ1n) is 7.27. The van der Waals surface area contributed by atoms with Crippen LogP contribution in [-0.2, 0) is 19.7 Å². The summed E-state index contributed by atoms with van der Waals surface area (Å²) in [6.07, 6.45) is 4.14. The number of hydrogen-bond donors (Lipinski definition) is 2. The second-order valence-electron chi connectivity index (χ2n) is 5.32. The number of ether oxygens (including phenoxy) is 2. The predicted molar refractivity (Wildman–Crippen MR) is 75.5 cm³/mol. The van der Waals surface area contributed by atoms with E-state index in [2.05, 4.69) is 4.72 Å². The van der Waals surface area contributed by atoms with Crippen molar-refractivity contribution in [2.24, 2.45) is 5.73 Å². The number of nitrogens with one attached hydrogen (secondary N) is 1. The van der Waals surface area contributed by atoms with Crippen molar-refractivity contribution < 1.29 is 17.9 Å². The minimum Gasteiger partial charge on any atom is -0.379 e. The number of rotatable bonds is 6. The van der Waals surface area contributed by atoms with Gasteiger partial charge in [-0.25, -0.2) is 0 Å². The third-order valence-electron chi connectivity index (χ3n) is 3.77. The Morgan fingerprint density at radius 1 is 1.20 bits per heavy atom. The zero-order chi connectivity index (χ0) is 14.4. The summed E-state index contributed by atoms with van der Waals surface area (Å²) in [6.45, 7) is 2.46. The van der Waals surface area contributed by atoms with Crippen LogP contribution in [0.1, 0.15) is 25.7 Å². The lowest BCUT2D eigenvalue weighted by molar-refractivity contribution is 0.0283. The van der Waals surface area contributed by atoms with Crippen LogP contribution in [0.3, 0.4) is 0 Å². The number of morpholine rings is 1. The fraction of sp³-hybridized carbons (Fsp3) is 1.00. The van der Waals surface area contributed by atoms with Crippen LogP contribution in [0, 0.1) is 0 Å². The summed E-state index contributed by atoms with van der Waals surface area (Å²) in [7, 11) is -3.39. The zero-order valence-electron chi connectivity index (χ0n) is 11.8. The molecule has 1 saturated heterocycles. The Hall–Kier alpha value is -0.250. The SMILES string of the molecule is NC1CCC(OCCNS(=O)(=O)N2CCOCC2)CC1. The first kappa shape index (κ1) is 16.1. The Morgan fingerprint density at radius 2 is 1.85 bits per heavy atom. The molecular weight excluding hydrogens is 282 g/mol. The van der Waals surface area contributed by atoms with Crippen LogP contribution in [0.15, 0.2) is 0 Å². The minimum atomic E-state index is -3.39. The van der Waals surface area contributed by atoms with Gasteiger partial charge in [-0.3, -0.25) is 0 Å². The Balaban J connectivity index is 1.62. The fourth-order valence-electron chi connectivity index (χ4n) is 2.53. The van der Waals surface area contributed by atoms with Crippen molar-refractivity contribution in [1.29, 1.82) is 0 Å². The molecule has 1 aliphatic carbocycles. The standard InChI is InChI=1S/C12H25N3O4S/c13-11-1-3-12(4-2-11)19-8-5-14-20(16,17)15-6-9-18-10-7-15/h11-12,14H,1-10,13H2. The van der Waals surface area contributed by atoms with E-state index in [1.807, 2.05) is 0 Å². The molecular formula is C12H25N3O4S. The molecule has 20 heavy (non-hydrogen) atoms. The van der Waals surface area contributed by atoms with E-state index < -0.39 is 10.2 Å². The summed E-state index contributed by atoms with van der Waals surface area (Å²) in [5.74, 6) is 0. The highest BCUT2D eigenvalue weighted by Gasteiger charge is 2.24. The van der Waals surface area contributed by atoms with E-state index in [9.17, 15) is 8.42 Å². The van der Waals surface area contributed by atoms with Crippen molar-refractivity contribution in [3.05, 3.63) is 0 Å². The maximum Gasteiger partial charge on any atom is 0.279 e. The summed E-state index contributed by atoms with van der Waals surface area (Å²) in [5, 5.41) is 0. The smallest absolute Gasteiger partial charge is 0.279 e. The van der Waals surface area contributed by atoms with Gasteiger partial charge in [0.2, 0.25) is 0 Å². The van der Waals surface area contributed by atoms with Crippen molar-refractivity contribution in [2.75, 3.05) is 39.5 Å². The number of nitrogens with zero attached hydrogens (tertiary/aromatic N) is 1. The van der Waals surface area contributed by atoms with E-state index >= 15 is 0 Å². The molecule has 8 heteroatoms. The second-order valence-corrected chi connectivity index (χ2v) is 7.07. The summed E-state index contributed by atoms with van der Waals surface area (Å²) in [5.41, 5.74) is 5.83. The summed E-state index contributed by atoms with van der Waals surface area (Å²) in [4.78, 5) is 0. The van der Waals surface area contributed by atoms with E-state index in [0.717, 1.165) is 25.7 Å². The zero-order valence-corrected chi connectivity index (χ0v) is 12.6. The van der Waals surface area contributed by atoms with Crippen LogP contribution in [0.25, 0.3) is 0 Å². The molecule has 0 radical (unpaired) electrons. The highest BCUT2D eigenvalue weighted by atomic mass is 32.2. The molecule has 118 valence electrons. The molecule has 1 aliphatic heterocycles. The van der Waals surface area contributed by atoms with Crippen LogP contribution < -0.4 is 10.5 Å². The van der Waals surface area contributed by atoms with Crippen molar-refractivity contribution in [3.63, 3.8) is 0 Å². The molecule has 0 aromatic carbocycles. The van der Waals surface area contributed by atoms with Gasteiger partial charge in [0.25, 0.3) is 10.2 Å². The van der Waals surface area contributed by atoms with Crippen LogP contribution in [-0.4, -0.2) is 64.3 Å². The molecule has 2 aliphatic rings. The average molecular weight is 307 g/mol. The molecule has 2 fully saturated rings. The van der Waals surface area contributed by atoms with Crippen molar-refractivity contribution >= 4 is 10.2 Å². The monoisotopic (exact) mass is 307 g/mol. The van der Waals surface area contributed by atoms with Gasteiger partial charge in [0.15, 0.2) is 0 Å². The van der Waals surface area contributed by atoms with Crippen molar-refractivity contribution in [1.82, 2.24) is 9.03 Å². The van der Waals surface area contributed by atoms with Gasteiger partial charge in [-0.2, -0.15) is 17.4 Å².